The predicted octanol–water partition coefficient (Wildman–Crippen LogP) is 3.15. The van der Waals surface area contributed by atoms with Crippen molar-refractivity contribution in [2.24, 2.45) is 0 Å². The Morgan fingerprint density at radius 3 is 2.43 bits per heavy atom. The second-order valence-electron chi connectivity index (χ2n) is 6.38. The van der Waals surface area contributed by atoms with Crippen LogP contribution in [0, 0.1) is 0 Å². The van der Waals surface area contributed by atoms with Gasteiger partial charge in [0.15, 0.2) is 9.84 Å². The number of nitrogens with zero attached hydrogens (tertiary/aromatic N) is 2. The highest BCUT2D eigenvalue weighted by molar-refractivity contribution is 7.93. The van der Waals surface area contributed by atoms with Gasteiger partial charge in [0.2, 0.25) is 0 Å². The van der Waals surface area contributed by atoms with Gasteiger partial charge in [-0.2, -0.15) is 0 Å². The number of hydrogen-bond donors (Lipinski definition) is 1. The lowest BCUT2D eigenvalue weighted by molar-refractivity contribution is 0.0948. The van der Waals surface area contributed by atoms with Crippen LogP contribution in [-0.2, 0) is 9.84 Å². The molecule has 0 unspecified atom stereocenters. The summed E-state index contributed by atoms with van der Waals surface area (Å²) >= 11 is 1.17. The van der Waals surface area contributed by atoms with Crippen LogP contribution in [-0.4, -0.2) is 39.9 Å². The fourth-order valence-electron chi connectivity index (χ4n) is 2.73. The molecule has 0 saturated carbocycles. The molecule has 2 aromatic heterocycles. The van der Waals surface area contributed by atoms with Crippen molar-refractivity contribution in [1.29, 1.82) is 0 Å². The van der Waals surface area contributed by atoms with Crippen molar-refractivity contribution < 1.29 is 13.2 Å². The number of sulfone groups is 1. The number of carbonyl (C=O) groups is 1. The number of amides is 1. The zero-order valence-corrected chi connectivity index (χ0v) is 17.2. The van der Waals surface area contributed by atoms with E-state index < -0.39 is 21.0 Å². The van der Waals surface area contributed by atoms with E-state index in [4.69, 9.17) is 0 Å². The first-order valence-electron chi connectivity index (χ1n) is 8.63. The molecule has 3 rings (SSSR count). The summed E-state index contributed by atoms with van der Waals surface area (Å²) in [7, 11) is 0.185. The third-order valence-corrected chi connectivity index (χ3v) is 7.81. The minimum atomic E-state index is -3.65. The molecule has 0 fully saturated rings. The minimum Gasteiger partial charge on any atom is -0.378 e. The quantitative estimate of drug-likeness (QED) is 0.641. The van der Waals surface area contributed by atoms with Crippen molar-refractivity contribution >= 4 is 32.8 Å². The molecule has 0 spiro atoms. The fourth-order valence-corrected chi connectivity index (χ4v) is 5.60. The number of benzene rings is 1. The molecule has 28 heavy (non-hydrogen) atoms. The van der Waals surface area contributed by atoms with Crippen LogP contribution in [0.3, 0.4) is 0 Å². The molecule has 0 radical (unpaired) electrons. The van der Waals surface area contributed by atoms with E-state index in [1.165, 1.54) is 17.5 Å². The van der Waals surface area contributed by atoms with E-state index in [0.29, 0.717) is 5.56 Å². The molecule has 2 heterocycles. The van der Waals surface area contributed by atoms with Crippen LogP contribution >= 0.6 is 11.3 Å². The number of nitrogens with one attached hydrogen (secondary N) is 1. The maximum atomic E-state index is 13.2. The Bertz CT molecular complexity index is 1020. The van der Waals surface area contributed by atoms with Crippen LogP contribution in [0.2, 0.25) is 0 Å². The molecular weight excluding hydrogens is 394 g/mol. The van der Waals surface area contributed by atoms with Crippen molar-refractivity contribution in [2.75, 3.05) is 25.5 Å². The Balaban J connectivity index is 1.89. The summed E-state index contributed by atoms with van der Waals surface area (Å²) in [5.41, 5.74) is 1.84. The third-order valence-electron chi connectivity index (χ3n) is 4.28. The highest BCUT2D eigenvalue weighted by Crippen LogP contribution is 2.32. The average Bonchev–Trinajstić information content (AvgIpc) is 3.24. The molecule has 1 amide bonds. The van der Waals surface area contributed by atoms with Gasteiger partial charge in [-0.05, 0) is 41.3 Å². The third kappa shape index (κ3) is 4.40. The fraction of sp³-hybridized carbons (Fsp3) is 0.200. The van der Waals surface area contributed by atoms with E-state index in [1.807, 2.05) is 31.1 Å². The molecule has 6 nitrogen and oxygen atoms in total. The van der Waals surface area contributed by atoms with Gasteiger partial charge in [0.1, 0.15) is 15.2 Å². The highest BCUT2D eigenvalue weighted by atomic mass is 32.2. The van der Waals surface area contributed by atoms with Crippen LogP contribution in [0.5, 0.6) is 0 Å². The van der Waals surface area contributed by atoms with E-state index in [-0.39, 0.29) is 16.4 Å². The first kappa shape index (κ1) is 20.0. The lowest BCUT2D eigenvalue weighted by atomic mass is 10.1. The molecule has 3 aromatic rings. The number of aromatic nitrogens is 1. The predicted molar refractivity (Wildman–Crippen MR) is 112 cm³/mol. The lowest BCUT2D eigenvalue weighted by Gasteiger charge is -2.19. The van der Waals surface area contributed by atoms with Gasteiger partial charge in [-0.1, -0.05) is 24.3 Å². The van der Waals surface area contributed by atoms with E-state index in [1.54, 1.807) is 47.8 Å². The Labute approximate surface area is 168 Å². The highest BCUT2D eigenvalue weighted by Gasteiger charge is 2.30. The Kier molecular flexibility index (Phi) is 6.11. The van der Waals surface area contributed by atoms with E-state index in [9.17, 15) is 13.2 Å². The number of pyridine rings is 1. The van der Waals surface area contributed by atoms with Gasteiger partial charge >= 0.3 is 0 Å². The summed E-state index contributed by atoms with van der Waals surface area (Å²) < 4.78 is 26.7. The molecule has 1 atom stereocenters. The molecule has 1 N–H and O–H groups in total. The number of hydrogen-bond acceptors (Lipinski definition) is 6. The van der Waals surface area contributed by atoms with Gasteiger partial charge in [0.05, 0.1) is 0 Å². The smallest absolute Gasteiger partial charge is 0.269 e. The second-order valence-corrected chi connectivity index (χ2v) is 9.68. The van der Waals surface area contributed by atoms with E-state index in [2.05, 4.69) is 10.3 Å². The van der Waals surface area contributed by atoms with Crippen molar-refractivity contribution in [1.82, 2.24) is 10.3 Å². The van der Waals surface area contributed by atoms with E-state index in [0.717, 1.165) is 5.69 Å². The summed E-state index contributed by atoms with van der Waals surface area (Å²) in [6.45, 7) is -0.0447. The average molecular weight is 416 g/mol. The summed E-state index contributed by atoms with van der Waals surface area (Å²) in [6, 6.07) is 15.6. The summed E-state index contributed by atoms with van der Waals surface area (Å²) in [5.74, 6) is -0.406. The van der Waals surface area contributed by atoms with Crippen molar-refractivity contribution in [3.8, 4) is 0 Å². The van der Waals surface area contributed by atoms with E-state index >= 15 is 0 Å². The van der Waals surface area contributed by atoms with Crippen LogP contribution in [0.25, 0.3) is 0 Å². The first-order valence-corrected chi connectivity index (χ1v) is 11.1. The van der Waals surface area contributed by atoms with Crippen molar-refractivity contribution in [2.45, 2.75) is 9.46 Å². The van der Waals surface area contributed by atoms with Crippen molar-refractivity contribution in [3.05, 3.63) is 77.4 Å². The molecule has 0 aliphatic carbocycles. The zero-order valence-electron chi connectivity index (χ0n) is 15.6. The zero-order chi connectivity index (χ0) is 20.1. The molecular formula is C20H21N3O3S2. The molecule has 0 aliphatic heterocycles. The molecule has 0 saturated heterocycles. The summed E-state index contributed by atoms with van der Waals surface area (Å²) in [6.07, 6.45) is 1.52. The molecule has 1 aromatic carbocycles. The normalized spacial score (nSPS) is 12.4. The van der Waals surface area contributed by atoms with Crippen molar-refractivity contribution in [3.63, 3.8) is 0 Å². The number of carbonyl (C=O) groups excluding carboxylic acids is 1. The number of anilines is 1. The Morgan fingerprint density at radius 1 is 1.11 bits per heavy atom. The molecule has 146 valence electrons. The Morgan fingerprint density at radius 2 is 1.86 bits per heavy atom. The minimum absolute atomic E-state index is 0.0447. The van der Waals surface area contributed by atoms with Crippen LogP contribution < -0.4 is 10.2 Å². The van der Waals surface area contributed by atoms with Gasteiger partial charge in [0, 0.05) is 32.5 Å². The van der Waals surface area contributed by atoms with Crippen LogP contribution in [0.1, 0.15) is 21.3 Å². The topological polar surface area (TPSA) is 79.4 Å². The number of thiophene rings is 1. The van der Waals surface area contributed by atoms with Gasteiger partial charge in [0.25, 0.3) is 5.91 Å². The van der Waals surface area contributed by atoms with Gasteiger partial charge in [-0.15, -0.1) is 11.3 Å². The van der Waals surface area contributed by atoms with Crippen LogP contribution in [0.4, 0.5) is 5.69 Å². The SMILES string of the molecule is CN(C)c1ccc([C@@H](CNC(=O)c2ccccn2)S(=O)(=O)c2cccs2)cc1. The maximum absolute atomic E-state index is 13.2. The molecule has 0 bridgehead atoms. The van der Waals surface area contributed by atoms with Gasteiger partial charge in [-0.25, -0.2) is 8.42 Å². The largest absolute Gasteiger partial charge is 0.378 e. The lowest BCUT2D eigenvalue weighted by Crippen LogP contribution is -2.32. The number of rotatable bonds is 7. The first-order chi connectivity index (χ1) is 13.4. The van der Waals surface area contributed by atoms with Gasteiger partial charge < -0.3 is 10.2 Å². The maximum Gasteiger partial charge on any atom is 0.269 e. The van der Waals surface area contributed by atoms with Gasteiger partial charge in [-0.3, -0.25) is 9.78 Å². The molecule has 8 heteroatoms. The standard InChI is InChI=1S/C20H21N3O3S2/c1-23(2)16-10-8-15(9-11-16)18(28(25,26)19-7-5-13-27-19)14-22-20(24)17-6-3-4-12-21-17/h3-13,18H,14H2,1-2H3,(H,22,24)/t18-/m1/s1. The summed E-state index contributed by atoms with van der Waals surface area (Å²) in [4.78, 5) is 18.3. The molecule has 0 aliphatic rings. The Hall–Kier alpha value is -2.71. The monoisotopic (exact) mass is 415 g/mol. The second kappa shape index (κ2) is 8.53. The van der Waals surface area contributed by atoms with Crippen LogP contribution in [0.15, 0.2) is 70.4 Å². The summed E-state index contributed by atoms with van der Waals surface area (Å²) in [5, 5.41) is 3.55.